The van der Waals surface area contributed by atoms with Crippen molar-refractivity contribution in [2.45, 2.75) is 4.90 Å². The van der Waals surface area contributed by atoms with Crippen LogP contribution in [0.2, 0.25) is 0 Å². The zero-order chi connectivity index (χ0) is 19.2. The number of para-hydroxylation sites is 2. The Kier molecular flexibility index (Phi) is 4.08. The minimum atomic E-state index is -3.99. The van der Waals surface area contributed by atoms with Gasteiger partial charge in [-0.15, -0.1) is 0 Å². The van der Waals surface area contributed by atoms with Gasteiger partial charge in [0.1, 0.15) is 0 Å². The number of anilines is 1. The van der Waals surface area contributed by atoms with E-state index in [2.05, 4.69) is 31.1 Å². The molecule has 2 heterocycles. The summed E-state index contributed by atoms with van der Waals surface area (Å²) < 4.78 is 30.4. The maximum atomic E-state index is 12.8. The molecule has 0 aliphatic carbocycles. The highest BCUT2D eigenvalue weighted by molar-refractivity contribution is 9.10. The van der Waals surface area contributed by atoms with Gasteiger partial charge < -0.3 is 0 Å². The largest absolute Gasteiger partial charge is 0.288 e. The molecule has 2 amide bonds. The van der Waals surface area contributed by atoms with Gasteiger partial charge in [0.15, 0.2) is 0 Å². The molecule has 10 heteroatoms. The normalized spacial score (nSPS) is 13.4. The lowest BCUT2D eigenvalue weighted by atomic mass is 10.1. The molecular weight excluding hydrogens is 436 g/mol. The predicted octanol–water partition coefficient (Wildman–Crippen LogP) is 2.32. The highest BCUT2D eigenvalue weighted by Gasteiger charge is 2.29. The Hall–Kier alpha value is -2.98. The summed E-state index contributed by atoms with van der Waals surface area (Å²) in [6, 6.07) is 10.6. The van der Waals surface area contributed by atoms with Crippen LogP contribution in [-0.4, -0.2) is 30.0 Å². The van der Waals surface area contributed by atoms with Crippen molar-refractivity contribution in [2.75, 3.05) is 4.72 Å². The molecular formula is C17H11BrN4O4S. The van der Waals surface area contributed by atoms with Crippen molar-refractivity contribution in [3.8, 4) is 5.69 Å². The first-order valence-electron chi connectivity index (χ1n) is 7.67. The Morgan fingerprint density at radius 2 is 1.78 bits per heavy atom. The molecule has 3 aromatic rings. The standard InChI is InChI=1S/C17H11BrN4O4S/c18-10-8-19-22(9-10)15-4-2-1-3-14(15)21-27(25,26)11-5-6-12-13(7-11)17(24)20-16(12)23/h1-9,21H,(H,20,23,24). The molecule has 0 atom stereocenters. The third-order valence-electron chi connectivity index (χ3n) is 3.96. The number of nitrogens with zero attached hydrogens (tertiary/aromatic N) is 2. The number of rotatable bonds is 4. The molecule has 0 spiro atoms. The molecule has 1 aromatic heterocycles. The van der Waals surface area contributed by atoms with Crippen LogP contribution in [0.5, 0.6) is 0 Å². The zero-order valence-electron chi connectivity index (χ0n) is 13.5. The van der Waals surface area contributed by atoms with Crippen molar-refractivity contribution in [1.82, 2.24) is 15.1 Å². The molecule has 0 saturated carbocycles. The van der Waals surface area contributed by atoms with E-state index in [1.54, 1.807) is 36.7 Å². The fourth-order valence-electron chi connectivity index (χ4n) is 2.71. The van der Waals surface area contributed by atoms with Gasteiger partial charge in [-0.05, 0) is 46.3 Å². The number of hydrogen-bond donors (Lipinski definition) is 2. The predicted molar refractivity (Wildman–Crippen MR) is 100 cm³/mol. The molecule has 2 N–H and O–H groups in total. The third-order valence-corrected chi connectivity index (χ3v) is 5.74. The van der Waals surface area contributed by atoms with Gasteiger partial charge >= 0.3 is 0 Å². The summed E-state index contributed by atoms with van der Waals surface area (Å²) in [5.41, 5.74) is 1.03. The van der Waals surface area contributed by atoms with Crippen LogP contribution in [0.1, 0.15) is 20.7 Å². The number of aromatic nitrogens is 2. The topological polar surface area (TPSA) is 110 Å². The molecule has 1 aliphatic heterocycles. The average Bonchev–Trinajstić information content (AvgIpc) is 3.18. The van der Waals surface area contributed by atoms with Crippen molar-refractivity contribution in [1.29, 1.82) is 0 Å². The van der Waals surface area contributed by atoms with E-state index in [1.165, 1.54) is 22.9 Å². The molecule has 0 radical (unpaired) electrons. The summed E-state index contributed by atoms with van der Waals surface area (Å²) in [4.78, 5) is 23.3. The molecule has 8 nitrogen and oxygen atoms in total. The quantitative estimate of drug-likeness (QED) is 0.597. The molecule has 136 valence electrons. The maximum absolute atomic E-state index is 12.8. The van der Waals surface area contributed by atoms with Gasteiger partial charge in [-0.2, -0.15) is 5.10 Å². The molecule has 4 rings (SSSR count). The second kappa shape index (κ2) is 6.32. The van der Waals surface area contributed by atoms with Gasteiger partial charge in [-0.25, -0.2) is 13.1 Å². The maximum Gasteiger partial charge on any atom is 0.261 e. The van der Waals surface area contributed by atoms with Gasteiger partial charge in [-0.3, -0.25) is 19.6 Å². The van der Waals surface area contributed by atoms with Crippen LogP contribution in [0.15, 0.2) is 64.2 Å². The van der Waals surface area contributed by atoms with Gasteiger partial charge in [-0.1, -0.05) is 12.1 Å². The Balaban J connectivity index is 1.73. The highest BCUT2D eigenvalue weighted by atomic mass is 79.9. The number of hydrogen-bond acceptors (Lipinski definition) is 5. The fraction of sp³-hybridized carbons (Fsp3) is 0. The molecule has 0 unspecified atom stereocenters. The van der Waals surface area contributed by atoms with Crippen LogP contribution in [0.25, 0.3) is 5.69 Å². The SMILES string of the molecule is O=C1NC(=O)c2cc(S(=O)(=O)Nc3ccccc3-n3cc(Br)cn3)ccc21. The highest BCUT2D eigenvalue weighted by Crippen LogP contribution is 2.26. The second-order valence-corrected chi connectivity index (χ2v) is 8.31. The lowest BCUT2D eigenvalue weighted by molar-refractivity contribution is 0.0879. The Morgan fingerprint density at radius 3 is 2.52 bits per heavy atom. The van der Waals surface area contributed by atoms with E-state index in [0.29, 0.717) is 11.4 Å². The van der Waals surface area contributed by atoms with Crippen LogP contribution in [-0.2, 0) is 10.0 Å². The minimum absolute atomic E-state index is 0.0344. The molecule has 0 saturated heterocycles. The van der Waals surface area contributed by atoms with E-state index in [-0.39, 0.29) is 16.0 Å². The first-order chi connectivity index (χ1) is 12.8. The zero-order valence-corrected chi connectivity index (χ0v) is 15.9. The second-order valence-electron chi connectivity index (χ2n) is 5.72. The Bertz CT molecular complexity index is 1200. The lowest BCUT2D eigenvalue weighted by Gasteiger charge is -2.13. The van der Waals surface area contributed by atoms with Gasteiger partial charge in [0.05, 0.1) is 38.1 Å². The Morgan fingerprint density at radius 1 is 1.04 bits per heavy atom. The number of halogens is 1. The van der Waals surface area contributed by atoms with E-state index in [4.69, 9.17) is 0 Å². The number of carbonyl (C=O) groups excluding carboxylic acids is 2. The van der Waals surface area contributed by atoms with Crippen LogP contribution in [0.4, 0.5) is 5.69 Å². The third kappa shape index (κ3) is 3.13. The van der Waals surface area contributed by atoms with Crippen LogP contribution >= 0.6 is 15.9 Å². The number of fused-ring (bicyclic) bond motifs is 1. The molecule has 2 aromatic carbocycles. The summed E-state index contributed by atoms with van der Waals surface area (Å²) in [6.45, 7) is 0. The minimum Gasteiger partial charge on any atom is -0.288 e. The van der Waals surface area contributed by atoms with E-state index in [0.717, 1.165) is 4.47 Å². The van der Waals surface area contributed by atoms with E-state index >= 15 is 0 Å². The number of benzene rings is 2. The lowest BCUT2D eigenvalue weighted by Crippen LogP contribution is -2.20. The number of imide groups is 1. The van der Waals surface area contributed by atoms with Gasteiger partial charge in [0.25, 0.3) is 21.8 Å². The molecule has 0 bridgehead atoms. The average molecular weight is 447 g/mol. The number of carbonyl (C=O) groups is 2. The van der Waals surface area contributed by atoms with Gasteiger partial charge in [0, 0.05) is 6.20 Å². The fourth-order valence-corrected chi connectivity index (χ4v) is 4.10. The first kappa shape index (κ1) is 17.4. The van der Waals surface area contributed by atoms with Crippen molar-refractivity contribution in [2.24, 2.45) is 0 Å². The summed E-state index contributed by atoms with van der Waals surface area (Å²) in [7, 11) is -3.99. The van der Waals surface area contributed by atoms with Crippen LogP contribution in [0, 0.1) is 0 Å². The van der Waals surface area contributed by atoms with Crippen LogP contribution in [0.3, 0.4) is 0 Å². The number of nitrogens with one attached hydrogen (secondary N) is 2. The van der Waals surface area contributed by atoms with Crippen molar-refractivity contribution < 1.29 is 18.0 Å². The summed E-state index contributed by atoms with van der Waals surface area (Å²) in [6.07, 6.45) is 3.28. The Labute approximate surface area is 162 Å². The van der Waals surface area contributed by atoms with Crippen LogP contribution < -0.4 is 10.0 Å². The summed E-state index contributed by atoms with van der Waals surface area (Å²) in [5, 5.41) is 6.29. The smallest absolute Gasteiger partial charge is 0.261 e. The molecule has 0 fully saturated rings. The van der Waals surface area contributed by atoms with Gasteiger partial charge in [0.2, 0.25) is 0 Å². The molecule has 1 aliphatic rings. The van der Waals surface area contributed by atoms with Crippen molar-refractivity contribution in [3.05, 3.63) is 70.5 Å². The van der Waals surface area contributed by atoms with E-state index in [1.807, 2.05) is 0 Å². The van der Waals surface area contributed by atoms with Crippen molar-refractivity contribution >= 4 is 43.5 Å². The number of amides is 2. The van der Waals surface area contributed by atoms with E-state index < -0.39 is 21.8 Å². The summed E-state index contributed by atoms with van der Waals surface area (Å²) >= 11 is 3.30. The number of sulfonamides is 1. The monoisotopic (exact) mass is 446 g/mol. The molecule has 27 heavy (non-hydrogen) atoms. The first-order valence-corrected chi connectivity index (χ1v) is 9.95. The summed E-state index contributed by atoms with van der Waals surface area (Å²) in [5.74, 6) is -1.16. The van der Waals surface area contributed by atoms with E-state index in [9.17, 15) is 18.0 Å². The van der Waals surface area contributed by atoms with Crippen molar-refractivity contribution in [3.63, 3.8) is 0 Å².